The third kappa shape index (κ3) is 3.23. The van der Waals surface area contributed by atoms with Crippen LogP contribution in [-0.4, -0.2) is 73.2 Å². The second kappa shape index (κ2) is 6.90. The highest BCUT2D eigenvalue weighted by atomic mass is 35.5. The molecule has 3 rings (SSSR count). The zero-order chi connectivity index (χ0) is 18.2. The lowest BCUT2D eigenvalue weighted by Gasteiger charge is -2.25. The molecule has 2 atom stereocenters. The highest BCUT2D eigenvalue weighted by Gasteiger charge is 2.58. The van der Waals surface area contributed by atoms with Crippen LogP contribution in [0.25, 0.3) is 0 Å². The van der Waals surface area contributed by atoms with Crippen LogP contribution in [0.15, 0.2) is 18.2 Å². The summed E-state index contributed by atoms with van der Waals surface area (Å²) in [6.45, 7) is 2.66. The van der Waals surface area contributed by atoms with Crippen molar-refractivity contribution in [2.24, 2.45) is 11.3 Å². The van der Waals surface area contributed by atoms with Gasteiger partial charge in [-0.2, -0.15) is 0 Å². The predicted molar refractivity (Wildman–Crippen MR) is 89.2 cm³/mol. The normalized spacial score (nSPS) is 26.0. The van der Waals surface area contributed by atoms with Crippen LogP contribution in [0.2, 0.25) is 5.02 Å². The van der Waals surface area contributed by atoms with Crippen molar-refractivity contribution < 1.29 is 23.8 Å². The molecule has 0 aliphatic carbocycles. The molecule has 1 amide bonds. The minimum atomic E-state index is -0.978. The number of methoxy groups -OCH3 is 1. The number of aliphatic carboxylic acids is 1. The van der Waals surface area contributed by atoms with E-state index in [-0.39, 0.29) is 29.0 Å². The molecule has 1 aromatic carbocycles. The number of hydrogen-bond donors (Lipinski definition) is 1. The Balaban J connectivity index is 1.76. The molecule has 0 radical (unpaired) electrons. The molecule has 8 heteroatoms. The van der Waals surface area contributed by atoms with Gasteiger partial charge in [0.2, 0.25) is 0 Å². The molecular weight excluding hydrogens is 351 g/mol. The summed E-state index contributed by atoms with van der Waals surface area (Å²) in [4.78, 5) is 28.2. The van der Waals surface area contributed by atoms with Crippen molar-refractivity contribution in [3.63, 3.8) is 0 Å². The Morgan fingerprint density at radius 1 is 1.40 bits per heavy atom. The number of benzene rings is 1. The van der Waals surface area contributed by atoms with Crippen LogP contribution < -0.4 is 0 Å². The number of carboxylic acid groups (broad SMARTS) is 1. The third-order valence-electron chi connectivity index (χ3n) is 5.17. The van der Waals surface area contributed by atoms with E-state index in [9.17, 15) is 19.1 Å². The standard InChI is InChI=1S/C17H20ClFN2O4/c1-25-5-4-20-7-12-8-21(10-17(12,9-20)16(23)24)15(22)11-2-3-13(18)14(19)6-11/h2-3,6,12H,4-5,7-10H2,1H3,(H,23,24)/t12-,17-/m0/s1. The Labute approximate surface area is 150 Å². The summed E-state index contributed by atoms with van der Waals surface area (Å²) in [5, 5.41) is 9.74. The van der Waals surface area contributed by atoms with E-state index in [1.807, 2.05) is 0 Å². The molecule has 2 fully saturated rings. The van der Waals surface area contributed by atoms with E-state index in [4.69, 9.17) is 16.3 Å². The Bertz CT molecular complexity index is 701. The number of amides is 1. The van der Waals surface area contributed by atoms with Crippen molar-refractivity contribution in [3.8, 4) is 0 Å². The highest BCUT2D eigenvalue weighted by Crippen LogP contribution is 2.43. The molecule has 6 nitrogen and oxygen atoms in total. The van der Waals surface area contributed by atoms with Crippen LogP contribution in [0.1, 0.15) is 10.4 Å². The maximum absolute atomic E-state index is 13.6. The second-order valence-corrected chi connectivity index (χ2v) is 7.11. The van der Waals surface area contributed by atoms with Gasteiger partial charge in [0.1, 0.15) is 11.2 Å². The summed E-state index contributed by atoms with van der Waals surface area (Å²) >= 11 is 5.65. The maximum Gasteiger partial charge on any atom is 0.313 e. The number of hydrogen-bond acceptors (Lipinski definition) is 4. The first-order chi connectivity index (χ1) is 11.9. The molecule has 2 aliphatic heterocycles. The van der Waals surface area contributed by atoms with Gasteiger partial charge in [-0.15, -0.1) is 0 Å². The zero-order valence-electron chi connectivity index (χ0n) is 13.9. The smallest absolute Gasteiger partial charge is 0.313 e. The van der Waals surface area contributed by atoms with Gasteiger partial charge in [-0.05, 0) is 18.2 Å². The minimum absolute atomic E-state index is 0.0503. The van der Waals surface area contributed by atoms with Crippen molar-refractivity contribution in [2.75, 3.05) is 46.4 Å². The topological polar surface area (TPSA) is 70.1 Å². The predicted octanol–water partition coefficient (Wildman–Crippen LogP) is 1.58. The van der Waals surface area contributed by atoms with Crippen LogP contribution >= 0.6 is 11.6 Å². The summed E-state index contributed by atoms with van der Waals surface area (Å²) in [6.07, 6.45) is 0. The third-order valence-corrected chi connectivity index (χ3v) is 5.48. The largest absolute Gasteiger partial charge is 0.481 e. The summed E-state index contributed by atoms with van der Waals surface area (Å²) < 4.78 is 18.7. The number of ether oxygens (including phenoxy) is 1. The number of rotatable bonds is 5. The first-order valence-corrected chi connectivity index (χ1v) is 8.44. The maximum atomic E-state index is 13.6. The lowest BCUT2D eigenvalue weighted by atomic mass is 9.81. The average Bonchev–Trinajstić information content (AvgIpc) is 3.10. The first-order valence-electron chi connectivity index (χ1n) is 8.06. The number of carbonyl (C=O) groups is 2. The molecule has 0 spiro atoms. The van der Waals surface area contributed by atoms with E-state index in [1.54, 1.807) is 7.11 Å². The molecule has 25 heavy (non-hydrogen) atoms. The summed E-state index contributed by atoms with van der Waals surface area (Å²) in [5.74, 6) is -2.07. The summed E-state index contributed by atoms with van der Waals surface area (Å²) in [7, 11) is 1.61. The first kappa shape index (κ1) is 18.1. The Morgan fingerprint density at radius 3 is 2.76 bits per heavy atom. The number of likely N-dealkylation sites (tertiary alicyclic amines) is 2. The monoisotopic (exact) mass is 370 g/mol. The number of halogens is 2. The molecule has 0 unspecified atom stereocenters. The van der Waals surface area contributed by atoms with Gasteiger partial charge in [0.15, 0.2) is 0 Å². The molecule has 2 saturated heterocycles. The Hall–Kier alpha value is -1.70. The molecule has 2 heterocycles. The van der Waals surface area contributed by atoms with E-state index in [2.05, 4.69) is 4.90 Å². The van der Waals surface area contributed by atoms with Gasteiger partial charge in [-0.1, -0.05) is 11.6 Å². The fraction of sp³-hybridized carbons (Fsp3) is 0.529. The van der Waals surface area contributed by atoms with Crippen molar-refractivity contribution in [1.82, 2.24) is 9.80 Å². The molecule has 0 bridgehead atoms. The van der Waals surface area contributed by atoms with Gasteiger partial charge in [0, 0.05) is 51.3 Å². The number of fused-ring (bicyclic) bond motifs is 1. The lowest BCUT2D eigenvalue weighted by molar-refractivity contribution is -0.148. The van der Waals surface area contributed by atoms with Gasteiger partial charge in [-0.25, -0.2) is 4.39 Å². The molecule has 2 aliphatic rings. The van der Waals surface area contributed by atoms with E-state index in [0.29, 0.717) is 32.8 Å². The fourth-order valence-electron chi connectivity index (χ4n) is 3.83. The van der Waals surface area contributed by atoms with Crippen LogP contribution in [-0.2, 0) is 9.53 Å². The quantitative estimate of drug-likeness (QED) is 0.852. The van der Waals surface area contributed by atoms with E-state index >= 15 is 0 Å². The van der Waals surface area contributed by atoms with E-state index < -0.39 is 17.2 Å². The second-order valence-electron chi connectivity index (χ2n) is 6.70. The SMILES string of the molecule is COCCN1C[C@H]2CN(C(=O)c3ccc(Cl)c(F)c3)C[C@@]2(C(=O)O)C1. The summed E-state index contributed by atoms with van der Waals surface area (Å²) in [5.41, 5.74) is -0.798. The highest BCUT2D eigenvalue weighted by molar-refractivity contribution is 6.30. The Kier molecular flexibility index (Phi) is 4.99. The van der Waals surface area contributed by atoms with Gasteiger partial charge in [-0.3, -0.25) is 14.5 Å². The fourth-order valence-corrected chi connectivity index (χ4v) is 3.95. The van der Waals surface area contributed by atoms with Gasteiger partial charge >= 0.3 is 5.97 Å². The van der Waals surface area contributed by atoms with Crippen molar-refractivity contribution in [2.45, 2.75) is 0 Å². The summed E-state index contributed by atoms with van der Waals surface area (Å²) in [6, 6.07) is 3.89. The van der Waals surface area contributed by atoms with E-state index in [1.165, 1.54) is 17.0 Å². The Morgan fingerprint density at radius 2 is 2.16 bits per heavy atom. The van der Waals surface area contributed by atoms with Crippen LogP contribution in [0.3, 0.4) is 0 Å². The van der Waals surface area contributed by atoms with Gasteiger partial charge in [0.25, 0.3) is 5.91 Å². The molecule has 1 N–H and O–H groups in total. The molecule has 0 saturated carbocycles. The number of carbonyl (C=O) groups excluding carboxylic acids is 1. The van der Waals surface area contributed by atoms with Gasteiger partial charge < -0.3 is 14.7 Å². The molecule has 0 aromatic heterocycles. The van der Waals surface area contributed by atoms with Gasteiger partial charge in [0.05, 0.1) is 11.6 Å². The van der Waals surface area contributed by atoms with Crippen LogP contribution in [0.4, 0.5) is 4.39 Å². The van der Waals surface area contributed by atoms with Crippen molar-refractivity contribution >= 4 is 23.5 Å². The van der Waals surface area contributed by atoms with Crippen LogP contribution in [0.5, 0.6) is 0 Å². The molecule has 1 aromatic rings. The van der Waals surface area contributed by atoms with E-state index in [0.717, 1.165) is 6.07 Å². The number of nitrogens with zero attached hydrogens (tertiary/aromatic N) is 2. The van der Waals surface area contributed by atoms with Crippen molar-refractivity contribution in [1.29, 1.82) is 0 Å². The molecular formula is C17H20ClFN2O4. The number of carboxylic acids is 1. The molecule has 136 valence electrons. The van der Waals surface area contributed by atoms with Crippen LogP contribution in [0, 0.1) is 17.2 Å². The van der Waals surface area contributed by atoms with Crippen molar-refractivity contribution in [3.05, 3.63) is 34.6 Å². The minimum Gasteiger partial charge on any atom is -0.481 e. The zero-order valence-corrected chi connectivity index (χ0v) is 14.6. The average molecular weight is 371 g/mol. The lowest BCUT2D eigenvalue weighted by Crippen LogP contribution is -2.42.